The third kappa shape index (κ3) is 2.31. The molecule has 3 rings (SSSR count). The van der Waals surface area contributed by atoms with E-state index in [1.165, 1.54) is 0 Å². The number of thiol groups is 2. The van der Waals surface area contributed by atoms with Crippen molar-refractivity contribution in [1.29, 1.82) is 0 Å². The Hall–Kier alpha value is -1.24. The van der Waals surface area contributed by atoms with Crippen molar-refractivity contribution in [3.05, 3.63) is 30.5 Å². The number of aromatic nitrogens is 2. The largest absolute Gasteiger partial charge is 0.497 e. The molecule has 0 saturated carbocycles. The van der Waals surface area contributed by atoms with Crippen LogP contribution in [-0.2, 0) is 0 Å². The van der Waals surface area contributed by atoms with Crippen LogP contribution in [0.3, 0.4) is 0 Å². The summed E-state index contributed by atoms with van der Waals surface area (Å²) in [7, 11) is 1.66. The molecule has 6 heteroatoms. The summed E-state index contributed by atoms with van der Waals surface area (Å²) >= 11 is 10.3. The first-order chi connectivity index (χ1) is 9.19. The van der Waals surface area contributed by atoms with Gasteiger partial charge in [-0.2, -0.15) is 0 Å². The van der Waals surface area contributed by atoms with E-state index in [9.17, 15) is 0 Å². The van der Waals surface area contributed by atoms with E-state index >= 15 is 0 Å². The van der Waals surface area contributed by atoms with Crippen LogP contribution < -0.4 is 4.74 Å². The minimum absolute atomic E-state index is 0.475. The van der Waals surface area contributed by atoms with Gasteiger partial charge >= 0.3 is 0 Å². The molecule has 2 heterocycles. The van der Waals surface area contributed by atoms with Crippen LogP contribution in [0.15, 0.2) is 40.5 Å². The summed E-state index contributed by atoms with van der Waals surface area (Å²) < 4.78 is 5.16. The lowest BCUT2D eigenvalue weighted by Gasteiger charge is -2.02. The topological polar surface area (TPSA) is 35.0 Å². The molecule has 0 amide bonds. The molecular formula is C13H10N2OS3. The van der Waals surface area contributed by atoms with Crippen LogP contribution in [-0.4, -0.2) is 17.1 Å². The first-order valence-electron chi connectivity index (χ1n) is 5.51. The molecule has 0 aliphatic heterocycles. The number of benzene rings is 1. The number of rotatable bonds is 2. The van der Waals surface area contributed by atoms with Crippen LogP contribution in [0.2, 0.25) is 0 Å². The lowest BCUT2D eigenvalue weighted by molar-refractivity contribution is 0.415. The van der Waals surface area contributed by atoms with Gasteiger partial charge in [0.25, 0.3) is 0 Å². The van der Waals surface area contributed by atoms with Gasteiger partial charge < -0.3 is 4.74 Å². The third-order valence-corrected chi connectivity index (χ3v) is 4.74. The van der Waals surface area contributed by atoms with E-state index in [1.54, 1.807) is 24.6 Å². The quantitative estimate of drug-likeness (QED) is 0.556. The first kappa shape index (κ1) is 12.8. The molecule has 0 bridgehead atoms. The molecule has 3 aromatic rings. The molecule has 2 aromatic heterocycles. The average molecular weight is 306 g/mol. The van der Waals surface area contributed by atoms with Crippen LogP contribution in [0.5, 0.6) is 5.75 Å². The van der Waals surface area contributed by atoms with Crippen molar-refractivity contribution >= 4 is 46.8 Å². The van der Waals surface area contributed by atoms with Crippen molar-refractivity contribution in [2.24, 2.45) is 0 Å². The Morgan fingerprint density at radius 1 is 1.16 bits per heavy atom. The van der Waals surface area contributed by atoms with Crippen LogP contribution in [0.4, 0.5) is 0 Å². The maximum absolute atomic E-state index is 5.16. The second-order valence-electron chi connectivity index (χ2n) is 3.90. The van der Waals surface area contributed by atoms with Crippen molar-refractivity contribution in [1.82, 2.24) is 9.97 Å². The lowest BCUT2D eigenvalue weighted by Crippen LogP contribution is -1.81. The van der Waals surface area contributed by atoms with Gasteiger partial charge in [-0.1, -0.05) is 0 Å². The minimum atomic E-state index is 0.475. The molecule has 96 valence electrons. The maximum atomic E-state index is 5.16. The van der Waals surface area contributed by atoms with E-state index in [0.29, 0.717) is 5.16 Å². The van der Waals surface area contributed by atoms with Gasteiger partial charge in [0, 0.05) is 16.5 Å². The van der Waals surface area contributed by atoms with Crippen LogP contribution >= 0.6 is 36.6 Å². The van der Waals surface area contributed by atoms with Crippen molar-refractivity contribution in [3.63, 3.8) is 0 Å². The zero-order valence-electron chi connectivity index (χ0n) is 9.99. The van der Waals surface area contributed by atoms with Crippen LogP contribution in [0, 0.1) is 0 Å². The van der Waals surface area contributed by atoms with Gasteiger partial charge in [0.1, 0.15) is 10.6 Å². The fourth-order valence-corrected chi connectivity index (χ4v) is 3.58. The number of thiophene rings is 1. The monoisotopic (exact) mass is 306 g/mol. The summed E-state index contributed by atoms with van der Waals surface area (Å²) in [4.78, 5) is 11.3. The summed E-state index contributed by atoms with van der Waals surface area (Å²) in [6, 6.07) is 7.89. The fourth-order valence-electron chi connectivity index (χ4n) is 1.80. The van der Waals surface area contributed by atoms with Crippen LogP contribution in [0.1, 0.15) is 0 Å². The molecule has 0 aliphatic rings. The van der Waals surface area contributed by atoms with E-state index in [1.807, 2.05) is 24.3 Å². The lowest BCUT2D eigenvalue weighted by atomic mass is 10.2. The van der Waals surface area contributed by atoms with E-state index < -0.39 is 0 Å². The van der Waals surface area contributed by atoms with Gasteiger partial charge in [0.15, 0.2) is 5.16 Å². The highest BCUT2D eigenvalue weighted by Crippen LogP contribution is 2.40. The normalized spacial score (nSPS) is 10.9. The smallest absolute Gasteiger partial charge is 0.185 e. The van der Waals surface area contributed by atoms with Gasteiger partial charge in [-0.05, 0) is 29.8 Å². The van der Waals surface area contributed by atoms with Gasteiger partial charge in [-0.25, -0.2) is 9.97 Å². The molecule has 0 atom stereocenters. The van der Waals surface area contributed by atoms with Crippen LogP contribution in [0.25, 0.3) is 20.7 Å². The number of methoxy groups -OCH3 is 1. The maximum Gasteiger partial charge on any atom is 0.185 e. The van der Waals surface area contributed by atoms with Gasteiger partial charge in [-0.15, -0.1) is 36.6 Å². The van der Waals surface area contributed by atoms with Gasteiger partial charge in [-0.3, -0.25) is 0 Å². The predicted molar refractivity (Wildman–Crippen MR) is 83.9 cm³/mol. The van der Waals surface area contributed by atoms with E-state index in [-0.39, 0.29) is 0 Å². The Morgan fingerprint density at radius 3 is 2.58 bits per heavy atom. The molecule has 0 unspecified atom stereocenters. The number of nitrogens with zero attached hydrogens (tertiary/aromatic N) is 2. The summed E-state index contributed by atoms with van der Waals surface area (Å²) in [6.07, 6.45) is 1.76. The van der Waals surface area contributed by atoms with Gasteiger partial charge in [0.2, 0.25) is 0 Å². The molecule has 0 spiro atoms. The average Bonchev–Trinajstić information content (AvgIpc) is 2.75. The second kappa shape index (κ2) is 5.03. The SMILES string of the molecule is COc1ccc(-c2sc3nc(S)ncc3c2S)cc1. The highest BCUT2D eigenvalue weighted by atomic mass is 32.1. The zero-order valence-corrected chi connectivity index (χ0v) is 12.6. The molecule has 3 nitrogen and oxygen atoms in total. The highest BCUT2D eigenvalue weighted by molar-refractivity contribution is 7.81. The molecule has 0 N–H and O–H groups in total. The summed E-state index contributed by atoms with van der Waals surface area (Å²) in [5, 5.41) is 1.43. The number of hydrogen-bond acceptors (Lipinski definition) is 6. The minimum Gasteiger partial charge on any atom is -0.497 e. The molecule has 0 fully saturated rings. The second-order valence-corrected chi connectivity index (χ2v) is 5.74. The Kier molecular flexibility index (Phi) is 3.38. The molecule has 0 aliphatic carbocycles. The Balaban J connectivity index is 2.15. The molecule has 0 saturated heterocycles. The van der Waals surface area contributed by atoms with E-state index in [2.05, 4.69) is 35.2 Å². The van der Waals surface area contributed by atoms with E-state index in [0.717, 1.165) is 31.3 Å². The first-order valence-corrected chi connectivity index (χ1v) is 7.22. The van der Waals surface area contributed by atoms with Crippen molar-refractivity contribution in [2.75, 3.05) is 7.11 Å². The standard InChI is InChI=1S/C13H10N2OS3/c1-16-8-4-2-7(3-5-8)11-10(17)9-6-14-13(18)15-12(9)19-11/h2-6,17H,1H3,(H,14,15,18). The molecule has 19 heavy (non-hydrogen) atoms. The molecule has 1 aromatic carbocycles. The Labute approximate surface area is 125 Å². The van der Waals surface area contributed by atoms with Crippen molar-refractivity contribution < 1.29 is 4.74 Å². The Bertz CT molecular complexity index is 737. The predicted octanol–water partition coefficient (Wildman–Crippen LogP) is 3.94. The number of hydrogen-bond donors (Lipinski definition) is 2. The zero-order chi connectivity index (χ0) is 13.4. The summed E-state index contributed by atoms with van der Waals surface area (Å²) in [5.41, 5.74) is 1.09. The van der Waals surface area contributed by atoms with E-state index in [4.69, 9.17) is 4.74 Å². The molecular weight excluding hydrogens is 296 g/mol. The summed E-state index contributed by atoms with van der Waals surface area (Å²) in [5.74, 6) is 0.836. The highest BCUT2D eigenvalue weighted by Gasteiger charge is 2.12. The number of ether oxygens (including phenoxy) is 1. The summed E-state index contributed by atoms with van der Waals surface area (Å²) in [6.45, 7) is 0. The van der Waals surface area contributed by atoms with Crippen molar-refractivity contribution in [3.8, 4) is 16.2 Å². The fraction of sp³-hybridized carbons (Fsp3) is 0.0769. The van der Waals surface area contributed by atoms with Crippen molar-refractivity contribution in [2.45, 2.75) is 10.1 Å². The van der Waals surface area contributed by atoms with Gasteiger partial charge in [0.05, 0.1) is 12.0 Å². The number of fused-ring (bicyclic) bond motifs is 1. The third-order valence-electron chi connectivity index (χ3n) is 2.76. The Morgan fingerprint density at radius 2 is 1.89 bits per heavy atom. The molecule has 0 radical (unpaired) electrons.